The highest BCUT2D eigenvalue weighted by atomic mass is 32.1. The lowest BCUT2D eigenvalue weighted by atomic mass is 10.0. The van der Waals surface area contributed by atoms with Gasteiger partial charge in [-0.25, -0.2) is 0 Å². The monoisotopic (exact) mass is 288 g/mol. The van der Waals surface area contributed by atoms with Crippen LogP contribution < -0.4 is 5.32 Å². The second kappa shape index (κ2) is 6.91. The van der Waals surface area contributed by atoms with Crippen LogP contribution >= 0.6 is 11.3 Å². The van der Waals surface area contributed by atoms with Crippen LogP contribution in [0.2, 0.25) is 0 Å². The topological polar surface area (TPSA) is 15.3 Å². The molecule has 0 spiro atoms. The van der Waals surface area contributed by atoms with Gasteiger partial charge in [-0.3, -0.25) is 0 Å². The molecule has 0 aliphatic rings. The fourth-order valence-corrected chi connectivity index (χ4v) is 3.29. The third kappa shape index (κ3) is 4.09. The van der Waals surface area contributed by atoms with Gasteiger partial charge in [0.15, 0.2) is 0 Å². The smallest absolute Gasteiger partial charge is 0.0629 e. The van der Waals surface area contributed by atoms with E-state index in [1.54, 1.807) is 0 Å². The molecule has 1 atom stereocenters. The number of anilines is 1. The molecule has 1 heterocycles. The summed E-state index contributed by atoms with van der Waals surface area (Å²) in [5.74, 6) is 0.561. The number of nitrogens with zero attached hydrogens (tertiary/aromatic N) is 1. The molecule has 1 unspecified atom stereocenters. The summed E-state index contributed by atoms with van der Waals surface area (Å²) in [5.41, 5.74) is 2.55. The molecule has 0 bridgehead atoms. The van der Waals surface area contributed by atoms with Gasteiger partial charge >= 0.3 is 0 Å². The molecule has 3 heteroatoms. The molecular formula is C17H24N2S. The van der Waals surface area contributed by atoms with Crippen molar-refractivity contribution in [3.63, 3.8) is 0 Å². The molecule has 0 amide bonds. The molecule has 2 nitrogen and oxygen atoms in total. The molecule has 20 heavy (non-hydrogen) atoms. The van der Waals surface area contributed by atoms with Gasteiger partial charge in [0, 0.05) is 17.1 Å². The fraction of sp³-hybridized carbons (Fsp3) is 0.412. The number of hydrogen-bond donors (Lipinski definition) is 1. The van der Waals surface area contributed by atoms with Crippen LogP contribution in [0.1, 0.15) is 30.3 Å². The van der Waals surface area contributed by atoms with E-state index in [-0.39, 0.29) is 0 Å². The van der Waals surface area contributed by atoms with Crippen LogP contribution in [0.25, 0.3) is 0 Å². The first-order chi connectivity index (χ1) is 9.56. The molecule has 1 aromatic heterocycles. The van der Waals surface area contributed by atoms with E-state index in [9.17, 15) is 0 Å². The Hall–Kier alpha value is -1.32. The number of benzene rings is 1. The Morgan fingerprint density at radius 3 is 2.55 bits per heavy atom. The predicted octanol–water partition coefficient (Wildman–Crippen LogP) is 4.62. The Kier molecular flexibility index (Phi) is 5.21. The average Bonchev–Trinajstić information content (AvgIpc) is 2.88. The summed E-state index contributed by atoms with van der Waals surface area (Å²) in [7, 11) is 4.20. The molecule has 0 aliphatic carbocycles. The van der Waals surface area contributed by atoms with Crippen molar-refractivity contribution >= 4 is 17.0 Å². The molecule has 2 aromatic rings. The van der Waals surface area contributed by atoms with Crippen molar-refractivity contribution in [2.24, 2.45) is 5.92 Å². The van der Waals surface area contributed by atoms with Crippen LogP contribution in [0.3, 0.4) is 0 Å². The average molecular weight is 288 g/mol. The summed E-state index contributed by atoms with van der Waals surface area (Å²) in [5, 5.41) is 5.83. The van der Waals surface area contributed by atoms with Gasteiger partial charge in [-0.2, -0.15) is 0 Å². The van der Waals surface area contributed by atoms with E-state index in [2.05, 4.69) is 79.9 Å². The van der Waals surface area contributed by atoms with E-state index in [0.29, 0.717) is 12.0 Å². The number of nitrogens with one attached hydrogen (secondary N) is 1. The zero-order valence-corrected chi connectivity index (χ0v) is 13.6. The van der Waals surface area contributed by atoms with Gasteiger partial charge in [-0.15, -0.1) is 11.3 Å². The van der Waals surface area contributed by atoms with Gasteiger partial charge in [0.2, 0.25) is 0 Å². The lowest BCUT2D eigenvalue weighted by Gasteiger charge is -2.23. The molecule has 0 saturated carbocycles. The van der Waals surface area contributed by atoms with Crippen molar-refractivity contribution in [3.8, 4) is 0 Å². The first kappa shape index (κ1) is 15.1. The quantitative estimate of drug-likeness (QED) is 0.834. The normalized spacial score (nSPS) is 12.9. The van der Waals surface area contributed by atoms with E-state index in [1.807, 2.05) is 11.3 Å². The lowest BCUT2D eigenvalue weighted by Crippen LogP contribution is -2.16. The summed E-state index contributed by atoms with van der Waals surface area (Å²) < 4.78 is 0. The Balaban J connectivity index is 2.15. The van der Waals surface area contributed by atoms with Gasteiger partial charge < -0.3 is 10.2 Å². The molecule has 0 radical (unpaired) electrons. The summed E-state index contributed by atoms with van der Waals surface area (Å²) in [6.45, 7) is 5.50. The Morgan fingerprint density at radius 1 is 1.15 bits per heavy atom. The van der Waals surface area contributed by atoms with Crippen LogP contribution in [0.5, 0.6) is 0 Å². The largest absolute Gasteiger partial charge is 0.377 e. The standard InChI is InChI=1S/C17H24N2S/c1-13(2)17(16-9-6-10-20-16)18-15-8-5-7-14(11-15)12-19(3)4/h5-11,13,17-18H,12H2,1-4H3. The fourth-order valence-electron chi connectivity index (χ4n) is 2.34. The minimum absolute atomic E-state index is 0.379. The van der Waals surface area contributed by atoms with Gasteiger partial charge in [0.05, 0.1) is 6.04 Å². The molecular weight excluding hydrogens is 264 g/mol. The second-order valence-corrected chi connectivity index (χ2v) is 6.80. The molecule has 108 valence electrons. The van der Waals surface area contributed by atoms with Crippen LogP contribution in [0.4, 0.5) is 5.69 Å². The Morgan fingerprint density at radius 2 is 1.95 bits per heavy atom. The summed E-state index contributed by atoms with van der Waals surface area (Å²) in [4.78, 5) is 3.59. The van der Waals surface area contributed by atoms with Crippen LogP contribution in [-0.4, -0.2) is 19.0 Å². The lowest BCUT2D eigenvalue weighted by molar-refractivity contribution is 0.402. The molecule has 0 fully saturated rings. The Bertz CT molecular complexity index is 518. The number of thiophene rings is 1. The predicted molar refractivity (Wildman–Crippen MR) is 89.4 cm³/mol. The highest BCUT2D eigenvalue weighted by Gasteiger charge is 2.16. The van der Waals surface area contributed by atoms with Crippen molar-refractivity contribution < 1.29 is 0 Å². The second-order valence-electron chi connectivity index (χ2n) is 5.82. The van der Waals surface area contributed by atoms with Gasteiger partial charge in [-0.1, -0.05) is 32.0 Å². The summed E-state index contributed by atoms with van der Waals surface area (Å²) in [6.07, 6.45) is 0. The zero-order chi connectivity index (χ0) is 14.5. The number of hydrogen-bond acceptors (Lipinski definition) is 3. The van der Waals surface area contributed by atoms with E-state index in [1.165, 1.54) is 16.1 Å². The third-order valence-electron chi connectivity index (χ3n) is 3.26. The van der Waals surface area contributed by atoms with E-state index < -0.39 is 0 Å². The Labute approximate surface area is 126 Å². The van der Waals surface area contributed by atoms with Gasteiger partial charge in [0.1, 0.15) is 0 Å². The van der Waals surface area contributed by atoms with Crippen molar-refractivity contribution in [3.05, 3.63) is 52.2 Å². The molecule has 1 N–H and O–H groups in total. The number of rotatable bonds is 6. The van der Waals surface area contributed by atoms with E-state index in [4.69, 9.17) is 0 Å². The molecule has 0 saturated heterocycles. The van der Waals surface area contributed by atoms with E-state index >= 15 is 0 Å². The van der Waals surface area contributed by atoms with Crippen LogP contribution in [0.15, 0.2) is 41.8 Å². The van der Waals surface area contributed by atoms with Crippen molar-refractivity contribution in [1.29, 1.82) is 0 Å². The zero-order valence-electron chi connectivity index (χ0n) is 12.8. The van der Waals surface area contributed by atoms with Crippen molar-refractivity contribution in [2.75, 3.05) is 19.4 Å². The highest BCUT2D eigenvalue weighted by Crippen LogP contribution is 2.29. The molecule has 1 aromatic carbocycles. The van der Waals surface area contributed by atoms with E-state index in [0.717, 1.165) is 6.54 Å². The maximum Gasteiger partial charge on any atom is 0.0629 e. The minimum atomic E-state index is 0.379. The first-order valence-corrected chi connectivity index (χ1v) is 7.98. The van der Waals surface area contributed by atoms with Crippen LogP contribution in [0, 0.1) is 5.92 Å². The highest BCUT2D eigenvalue weighted by molar-refractivity contribution is 7.10. The van der Waals surface area contributed by atoms with Gasteiger partial charge in [-0.05, 0) is 49.2 Å². The van der Waals surface area contributed by atoms with Crippen molar-refractivity contribution in [2.45, 2.75) is 26.4 Å². The third-order valence-corrected chi connectivity index (χ3v) is 4.22. The first-order valence-electron chi connectivity index (χ1n) is 7.10. The minimum Gasteiger partial charge on any atom is -0.377 e. The SMILES string of the molecule is CC(C)C(Nc1cccc(CN(C)C)c1)c1cccs1. The summed E-state index contributed by atoms with van der Waals surface area (Å²) >= 11 is 1.82. The molecule has 0 aliphatic heterocycles. The summed E-state index contributed by atoms with van der Waals surface area (Å²) in [6, 6.07) is 13.4. The van der Waals surface area contributed by atoms with Crippen molar-refractivity contribution in [1.82, 2.24) is 4.90 Å². The van der Waals surface area contributed by atoms with Gasteiger partial charge in [0.25, 0.3) is 0 Å². The molecule has 2 rings (SSSR count). The maximum atomic E-state index is 3.69. The maximum absolute atomic E-state index is 3.69. The van der Waals surface area contributed by atoms with Crippen LogP contribution in [-0.2, 0) is 6.54 Å².